The lowest BCUT2D eigenvalue weighted by molar-refractivity contribution is -0.132. The third-order valence-corrected chi connectivity index (χ3v) is 9.51. The molecule has 4 aromatic rings. The third-order valence-electron chi connectivity index (χ3n) is 9.51. The van der Waals surface area contributed by atoms with Crippen LogP contribution in [0.15, 0.2) is 60.3 Å². The minimum absolute atomic E-state index is 0.158. The van der Waals surface area contributed by atoms with E-state index in [0.717, 1.165) is 48.7 Å². The Labute approximate surface area is 272 Å². The lowest BCUT2D eigenvalue weighted by Crippen LogP contribution is -2.61. The lowest BCUT2D eigenvalue weighted by Gasteiger charge is -2.40. The quantitative estimate of drug-likeness (QED) is 0.158. The molecule has 2 saturated carbocycles. The lowest BCUT2D eigenvalue weighted by atomic mass is 9.75. The van der Waals surface area contributed by atoms with E-state index >= 15 is 0 Å². The molecule has 2 amide bonds. The van der Waals surface area contributed by atoms with Gasteiger partial charge in [-0.15, -0.1) is 0 Å². The number of benzene rings is 2. The van der Waals surface area contributed by atoms with Gasteiger partial charge >= 0.3 is 5.97 Å². The maximum Gasteiger partial charge on any atom is 0.331 e. The molecule has 3 N–H and O–H groups in total. The first-order valence-corrected chi connectivity index (χ1v) is 16.2. The monoisotopic (exact) mass is 638 g/mol. The highest BCUT2D eigenvalue weighted by Gasteiger charge is 2.45. The van der Waals surface area contributed by atoms with E-state index in [9.17, 15) is 23.9 Å². The van der Waals surface area contributed by atoms with Gasteiger partial charge in [0.1, 0.15) is 17.1 Å². The summed E-state index contributed by atoms with van der Waals surface area (Å²) in [6, 6.07) is 13.8. The van der Waals surface area contributed by atoms with Crippen molar-refractivity contribution < 1.29 is 28.6 Å². The first-order chi connectivity index (χ1) is 22.6. The number of halogens is 1. The van der Waals surface area contributed by atoms with Gasteiger partial charge in [-0.3, -0.25) is 14.6 Å². The second kappa shape index (κ2) is 13.0. The van der Waals surface area contributed by atoms with Crippen molar-refractivity contribution in [3.8, 4) is 17.1 Å². The van der Waals surface area contributed by atoms with Crippen LogP contribution in [0.1, 0.15) is 86.2 Å². The number of aromatic nitrogens is 2. The number of nitrogens with zero attached hydrogens (tertiary/aromatic N) is 2. The standard InChI is InChI=1S/C37H39FN4O5/c1-4-47-31-20-27(13-10-24(31)18-22(2)35(44)45)40-36(46)37(16-7-17-37)41-34(43)25-11-14-28-30(19-25)42(3)33(29-15-12-26(38)21-39-29)32(28)23-8-5-6-9-23/h10-15,18-21,23H,4-9,16-17H2,1-3H3,(H,40,46)(H,41,43)(H,44,45)/b22-18+. The number of carbonyl (C=O) groups excluding carboxylic acids is 2. The predicted molar refractivity (Wildman–Crippen MR) is 179 cm³/mol. The van der Waals surface area contributed by atoms with Crippen molar-refractivity contribution in [1.29, 1.82) is 0 Å². The molecule has 9 nitrogen and oxygen atoms in total. The van der Waals surface area contributed by atoms with Crippen molar-refractivity contribution in [1.82, 2.24) is 14.9 Å². The van der Waals surface area contributed by atoms with Gasteiger partial charge in [0, 0.05) is 46.4 Å². The van der Waals surface area contributed by atoms with Crippen LogP contribution in [-0.2, 0) is 16.6 Å². The molecule has 0 unspecified atom stereocenters. The predicted octanol–water partition coefficient (Wildman–Crippen LogP) is 7.21. The Hall–Kier alpha value is -4.99. The minimum Gasteiger partial charge on any atom is -0.493 e. The van der Waals surface area contributed by atoms with Crippen molar-refractivity contribution in [2.24, 2.45) is 7.05 Å². The number of fused-ring (bicyclic) bond motifs is 1. The first kappa shape index (κ1) is 32.0. The van der Waals surface area contributed by atoms with Gasteiger partial charge in [0.25, 0.3) is 5.91 Å². The number of hydrogen-bond acceptors (Lipinski definition) is 5. The van der Waals surface area contributed by atoms with Crippen molar-refractivity contribution in [3.63, 3.8) is 0 Å². The third kappa shape index (κ3) is 6.24. The average Bonchev–Trinajstić information content (AvgIpc) is 3.66. The Bertz CT molecular complexity index is 1880. The summed E-state index contributed by atoms with van der Waals surface area (Å²) in [6.07, 6.45) is 9.00. The van der Waals surface area contributed by atoms with E-state index in [-0.39, 0.29) is 17.4 Å². The Morgan fingerprint density at radius 2 is 1.85 bits per heavy atom. The molecule has 2 heterocycles. The normalized spacial score (nSPS) is 16.1. The SMILES string of the molecule is CCOc1cc(NC(=O)C2(NC(=O)c3ccc4c(C5CCCC5)c(-c5ccc(F)cn5)n(C)c4c3)CCC2)ccc1/C=C(\C)C(=O)O. The van der Waals surface area contributed by atoms with Gasteiger partial charge in [0.15, 0.2) is 0 Å². The Morgan fingerprint density at radius 1 is 1.09 bits per heavy atom. The number of hydrogen-bond donors (Lipinski definition) is 3. The van der Waals surface area contributed by atoms with Crippen LogP contribution in [0.3, 0.4) is 0 Å². The summed E-state index contributed by atoms with van der Waals surface area (Å²) in [4.78, 5) is 43.1. The summed E-state index contributed by atoms with van der Waals surface area (Å²) in [5.41, 5.74) is 4.29. The fourth-order valence-electron chi connectivity index (χ4n) is 6.85. The van der Waals surface area contributed by atoms with Crippen molar-refractivity contribution >= 4 is 40.4 Å². The Balaban J connectivity index is 1.26. The smallest absolute Gasteiger partial charge is 0.331 e. The fourth-order valence-corrected chi connectivity index (χ4v) is 6.85. The summed E-state index contributed by atoms with van der Waals surface area (Å²) >= 11 is 0. The van der Waals surface area contributed by atoms with Gasteiger partial charge in [-0.1, -0.05) is 18.9 Å². The molecular weight excluding hydrogens is 599 g/mol. The van der Waals surface area contributed by atoms with Crippen molar-refractivity contribution in [2.45, 2.75) is 70.3 Å². The van der Waals surface area contributed by atoms with E-state index in [1.54, 1.807) is 24.3 Å². The largest absolute Gasteiger partial charge is 0.493 e. The number of carboxylic acid groups (broad SMARTS) is 1. The van der Waals surface area contributed by atoms with Crippen LogP contribution in [-0.4, -0.2) is 44.6 Å². The second-order valence-electron chi connectivity index (χ2n) is 12.6. The van der Waals surface area contributed by atoms with E-state index < -0.39 is 17.3 Å². The summed E-state index contributed by atoms with van der Waals surface area (Å²) in [5.74, 6) is -1.28. The summed E-state index contributed by atoms with van der Waals surface area (Å²) in [7, 11) is 1.95. The van der Waals surface area contributed by atoms with E-state index in [2.05, 4.69) is 15.6 Å². The number of rotatable bonds is 10. The van der Waals surface area contributed by atoms with E-state index in [0.29, 0.717) is 53.6 Å². The molecule has 0 spiro atoms. The van der Waals surface area contributed by atoms with Gasteiger partial charge in [-0.25, -0.2) is 9.18 Å². The van der Waals surface area contributed by atoms with Gasteiger partial charge in [0.05, 0.1) is 24.2 Å². The number of amides is 2. The zero-order chi connectivity index (χ0) is 33.3. The number of ether oxygens (including phenoxy) is 1. The highest BCUT2D eigenvalue weighted by Crippen LogP contribution is 2.44. The molecule has 0 saturated heterocycles. The number of aliphatic carboxylic acids is 1. The van der Waals surface area contributed by atoms with Crippen LogP contribution in [0.25, 0.3) is 28.4 Å². The molecule has 244 valence electrons. The molecule has 0 aliphatic heterocycles. The molecule has 47 heavy (non-hydrogen) atoms. The van der Waals surface area contributed by atoms with Crippen LogP contribution >= 0.6 is 0 Å². The number of carbonyl (C=O) groups is 3. The molecule has 0 bridgehead atoms. The van der Waals surface area contributed by atoms with E-state index in [4.69, 9.17) is 4.74 Å². The second-order valence-corrected chi connectivity index (χ2v) is 12.6. The topological polar surface area (TPSA) is 123 Å². The van der Waals surface area contributed by atoms with Crippen LogP contribution < -0.4 is 15.4 Å². The average molecular weight is 639 g/mol. The van der Waals surface area contributed by atoms with Gasteiger partial charge < -0.3 is 25.0 Å². The van der Waals surface area contributed by atoms with Crippen LogP contribution in [0, 0.1) is 5.82 Å². The number of nitrogens with one attached hydrogen (secondary N) is 2. The molecule has 6 rings (SSSR count). The number of pyridine rings is 1. The number of aryl methyl sites for hydroxylation is 1. The van der Waals surface area contributed by atoms with E-state index in [1.807, 2.05) is 36.7 Å². The molecule has 2 aromatic carbocycles. The number of anilines is 1. The summed E-state index contributed by atoms with van der Waals surface area (Å²) < 4.78 is 21.5. The molecule has 10 heteroatoms. The van der Waals surface area contributed by atoms with Gasteiger partial charge in [0.2, 0.25) is 5.91 Å². The van der Waals surface area contributed by atoms with Crippen LogP contribution in [0.5, 0.6) is 5.75 Å². The van der Waals surface area contributed by atoms with Crippen LogP contribution in [0.4, 0.5) is 10.1 Å². The molecule has 2 fully saturated rings. The molecule has 2 aliphatic rings. The number of carboxylic acids is 1. The summed E-state index contributed by atoms with van der Waals surface area (Å²) in [5, 5.41) is 16.3. The molecular formula is C37H39FN4O5. The van der Waals surface area contributed by atoms with E-state index in [1.165, 1.54) is 30.8 Å². The maximum absolute atomic E-state index is 13.8. The first-order valence-electron chi connectivity index (χ1n) is 16.2. The van der Waals surface area contributed by atoms with Crippen molar-refractivity contribution in [2.75, 3.05) is 11.9 Å². The molecule has 0 atom stereocenters. The highest BCUT2D eigenvalue weighted by atomic mass is 19.1. The zero-order valence-corrected chi connectivity index (χ0v) is 26.9. The fraction of sp³-hybridized carbons (Fsp3) is 0.351. The van der Waals surface area contributed by atoms with Crippen molar-refractivity contribution in [3.05, 3.63) is 82.8 Å². The molecule has 2 aliphatic carbocycles. The Kier molecular flexibility index (Phi) is 8.86. The Morgan fingerprint density at radius 3 is 2.49 bits per heavy atom. The molecule has 2 aromatic heterocycles. The highest BCUT2D eigenvalue weighted by molar-refractivity contribution is 6.06. The summed E-state index contributed by atoms with van der Waals surface area (Å²) in [6.45, 7) is 3.69. The zero-order valence-electron chi connectivity index (χ0n) is 26.9. The molecule has 0 radical (unpaired) electrons. The van der Waals surface area contributed by atoms with Gasteiger partial charge in [-0.05, 0) is 99.9 Å². The van der Waals surface area contributed by atoms with Gasteiger partial charge in [-0.2, -0.15) is 0 Å². The minimum atomic E-state index is -1.07. The van der Waals surface area contributed by atoms with Crippen LogP contribution in [0.2, 0.25) is 0 Å². The maximum atomic E-state index is 13.8.